The highest BCUT2D eigenvalue weighted by atomic mass is 16.5. The van der Waals surface area contributed by atoms with Crippen molar-refractivity contribution in [1.82, 2.24) is 0 Å². The van der Waals surface area contributed by atoms with E-state index in [2.05, 4.69) is 27.7 Å². The van der Waals surface area contributed by atoms with Crippen molar-refractivity contribution in [3.8, 4) is 0 Å². The summed E-state index contributed by atoms with van der Waals surface area (Å²) in [5, 5.41) is 8.92. The zero-order chi connectivity index (χ0) is 14.1. The first-order valence-electron chi connectivity index (χ1n) is 7.34. The lowest BCUT2D eigenvalue weighted by Gasteiger charge is -2.31. The summed E-state index contributed by atoms with van der Waals surface area (Å²) in [6.45, 7) is 13.4. The van der Waals surface area contributed by atoms with Crippen LogP contribution in [0.2, 0.25) is 0 Å². The summed E-state index contributed by atoms with van der Waals surface area (Å²) in [5.41, 5.74) is 0. The average molecular weight is 260 g/mol. The fraction of sp³-hybridized carbons (Fsp3) is 1.00. The Balaban J connectivity index is 4.22. The molecule has 0 fully saturated rings. The van der Waals surface area contributed by atoms with Crippen LogP contribution in [-0.2, 0) is 9.47 Å². The van der Waals surface area contributed by atoms with Crippen LogP contribution in [0.15, 0.2) is 0 Å². The van der Waals surface area contributed by atoms with Gasteiger partial charge in [0.1, 0.15) is 0 Å². The second-order valence-corrected chi connectivity index (χ2v) is 5.51. The van der Waals surface area contributed by atoms with Gasteiger partial charge in [0.05, 0.1) is 31.5 Å². The molecule has 0 spiro atoms. The lowest BCUT2D eigenvalue weighted by molar-refractivity contribution is -0.103. The molecule has 3 nitrogen and oxygen atoms in total. The van der Waals surface area contributed by atoms with Crippen molar-refractivity contribution >= 4 is 0 Å². The van der Waals surface area contributed by atoms with Gasteiger partial charge in [0.15, 0.2) is 0 Å². The maximum absolute atomic E-state index is 8.92. The highest BCUT2D eigenvalue weighted by molar-refractivity contribution is 4.72. The largest absolute Gasteiger partial charge is 0.394 e. The number of hydrogen-bond acceptors (Lipinski definition) is 3. The third-order valence-corrected chi connectivity index (χ3v) is 3.67. The first kappa shape index (κ1) is 17.9. The average Bonchev–Trinajstić information content (AvgIpc) is 2.40. The van der Waals surface area contributed by atoms with Crippen LogP contribution in [0.5, 0.6) is 0 Å². The molecule has 110 valence electrons. The van der Waals surface area contributed by atoms with E-state index < -0.39 is 0 Å². The molecule has 0 rings (SSSR count). The van der Waals surface area contributed by atoms with Gasteiger partial charge in [-0.25, -0.2) is 0 Å². The van der Waals surface area contributed by atoms with Crippen molar-refractivity contribution in [2.24, 2.45) is 11.8 Å². The minimum Gasteiger partial charge on any atom is -0.394 e. The van der Waals surface area contributed by atoms with Crippen LogP contribution in [0.1, 0.15) is 54.4 Å². The highest BCUT2D eigenvalue weighted by Gasteiger charge is 2.24. The molecule has 0 aromatic rings. The van der Waals surface area contributed by atoms with Crippen LogP contribution in [0.25, 0.3) is 0 Å². The van der Waals surface area contributed by atoms with Crippen molar-refractivity contribution in [2.45, 2.75) is 72.7 Å². The molecule has 0 saturated carbocycles. The number of rotatable bonds is 10. The Bertz CT molecular complexity index is 186. The topological polar surface area (TPSA) is 38.7 Å². The van der Waals surface area contributed by atoms with Crippen LogP contribution in [-0.4, -0.2) is 36.6 Å². The summed E-state index contributed by atoms with van der Waals surface area (Å²) in [6.07, 6.45) is 2.53. The fourth-order valence-corrected chi connectivity index (χ4v) is 1.95. The number of hydrogen-bond donors (Lipinski definition) is 1. The standard InChI is InChI=1S/C15H32O3/c1-7-11(3)15(12(4)8-2)18-14(6)10-17-13(5)9-16/h11-16H,7-10H2,1-6H3. The number of ether oxygens (including phenoxy) is 2. The molecule has 0 aromatic carbocycles. The van der Waals surface area contributed by atoms with Crippen molar-refractivity contribution < 1.29 is 14.6 Å². The SMILES string of the molecule is CCC(C)C(OC(C)COC(C)CO)C(C)CC. The molecule has 3 heteroatoms. The number of aliphatic hydroxyl groups is 1. The van der Waals surface area contributed by atoms with Crippen LogP contribution in [0.4, 0.5) is 0 Å². The van der Waals surface area contributed by atoms with E-state index in [1.807, 2.05) is 13.8 Å². The zero-order valence-electron chi connectivity index (χ0n) is 13.0. The van der Waals surface area contributed by atoms with Crippen molar-refractivity contribution in [3.05, 3.63) is 0 Å². The van der Waals surface area contributed by atoms with Crippen molar-refractivity contribution in [2.75, 3.05) is 13.2 Å². The van der Waals surface area contributed by atoms with Gasteiger partial charge in [-0.15, -0.1) is 0 Å². The second kappa shape index (κ2) is 9.76. The summed E-state index contributed by atoms with van der Waals surface area (Å²) >= 11 is 0. The van der Waals surface area contributed by atoms with E-state index in [9.17, 15) is 0 Å². The molecule has 0 aliphatic carbocycles. The van der Waals surface area contributed by atoms with Gasteiger partial charge in [-0.3, -0.25) is 0 Å². The molecule has 4 atom stereocenters. The molecule has 0 radical (unpaired) electrons. The molecule has 0 aromatic heterocycles. The summed E-state index contributed by atoms with van der Waals surface area (Å²) < 4.78 is 11.6. The molecule has 18 heavy (non-hydrogen) atoms. The van der Waals surface area contributed by atoms with E-state index in [1.165, 1.54) is 0 Å². The van der Waals surface area contributed by atoms with Gasteiger partial charge in [0, 0.05) is 0 Å². The Morgan fingerprint density at radius 2 is 1.39 bits per heavy atom. The summed E-state index contributed by atoms with van der Waals surface area (Å²) in [5.74, 6) is 1.13. The third-order valence-electron chi connectivity index (χ3n) is 3.67. The van der Waals surface area contributed by atoms with Crippen LogP contribution >= 0.6 is 0 Å². The summed E-state index contributed by atoms with van der Waals surface area (Å²) in [6, 6.07) is 0. The Hall–Kier alpha value is -0.120. The zero-order valence-corrected chi connectivity index (χ0v) is 13.0. The molecule has 0 aliphatic heterocycles. The Morgan fingerprint density at radius 3 is 1.78 bits per heavy atom. The molecule has 0 heterocycles. The minimum absolute atomic E-state index is 0.0624. The molecule has 0 bridgehead atoms. The van der Waals surface area contributed by atoms with Gasteiger partial charge in [-0.05, 0) is 25.7 Å². The Labute approximate surface area is 113 Å². The maximum atomic E-state index is 8.92. The molecular formula is C15H32O3. The Kier molecular flexibility index (Phi) is 9.70. The van der Waals surface area contributed by atoms with Gasteiger partial charge in [-0.2, -0.15) is 0 Å². The summed E-state index contributed by atoms with van der Waals surface area (Å²) in [4.78, 5) is 0. The first-order valence-corrected chi connectivity index (χ1v) is 7.34. The lowest BCUT2D eigenvalue weighted by atomic mass is 9.89. The molecular weight excluding hydrogens is 228 g/mol. The van der Waals surface area contributed by atoms with Crippen molar-refractivity contribution in [1.29, 1.82) is 0 Å². The molecule has 4 unspecified atom stereocenters. The van der Waals surface area contributed by atoms with Gasteiger partial charge in [-0.1, -0.05) is 40.5 Å². The number of aliphatic hydroxyl groups excluding tert-OH is 1. The van der Waals surface area contributed by atoms with E-state index in [0.29, 0.717) is 24.5 Å². The van der Waals surface area contributed by atoms with Crippen LogP contribution in [0.3, 0.4) is 0 Å². The Morgan fingerprint density at radius 1 is 0.889 bits per heavy atom. The van der Waals surface area contributed by atoms with Crippen molar-refractivity contribution in [3.63, 3.8) is 0 Å². The first-order chi connectivity index (χ1) is 8.46. The monoisotopic (exact) mass is 260 g/mol. The van der Waals surface area contributed by atoms with Gasteiger partial charge in [0.25, 0.3) is 0 Å². The van der Waals surface area contributed by atoms with E-state index in [1.54, 1.807) is 0 Å². The highest BCUT2D eigenvalue weighted by Crippen LogP contribution is 2.23. The predicted molar refractivity (Wildman–Crippen MR) is 75.7 cm³/mol. The van der Waals surface area contributed by atoms with Crippen LogP contribution < -0.4 is 0 Å². The molecule has 0 amide bonds. The van der Waals surface area contributed by atoms with E-state index in [-0.39, 0.29) is 18.8 Å². The van der Waals surface area contributed by atoms with E-state index in [4.69, 9.17) is 14.6 Å². The molecule has 0 saturated heterocycles. The fourth-order valence-electron chi connectivity index (χ4n) is 1.95. The van der Waals surface area contributed by atoms with E-state index >= 15 is 0 Å². The normalized spacial score (nSPS) is 20.2. The predicted octanol–water partition coefficient (Wildman–Crippen LogP) is 3.25. The third kappa shape index (κ3) is 6.72. The molecule has 0 aliphatic rings. The van der Waals surface area contributed by atoms with Gasteiger partial charge >= 0.3 is 0 Å². The van der Waals surface area contributed by atoms with Gasteiger partial charge in [0.2, 0.25) is 0 Å². The minimum atomic E-state index is -0.110. The molecule has 1 N–H and O–H groups in total. The smallest absolute Gasteiger partial charge is 0.0784 e. The maximum Gasteiger partial charge on any atom is 0.0784 e. The quantitative estimate of drug-likeness (QED) is 0.655. The lowest BCUT2D eigenvalue weighted by Crippen LogP contribution is -2.34. The van der Waals surface area contributed by atoms with Gasteiger partial charge < -0.3 is 14.6 Å². The van der Waals surface area contributed by atoms with Crippen LogP contribution in [0, 0.1) is 11.8 Å². The second-order valence-electron chi connectivity index (χ2n) is 5.51. The summed E-state index contributed by atoms with van der Waals surface area (Å²) in [7, 11) is 0. The van der Waals surface area contributed by atoms with E-state index in [0.717, 1.165) is 12.8 Å².